The maximum atomic E-state index is 13.3. The lowest BCUT2D eigenvalue weighted by atomic mass is 9.95. The van der Waals surface area contributed by atoms with Crippen LogP contribution in [0.2, 0.25) is 0 Å². The van der Waals surface area contributed by atoms with Crippen LogP contribution in [0.1, 0.15) is 63.9 Å². The van der Waals surface area contributed by atoms with Crippen molar-refractivity contribution in [2.45, 2.75) is 63.7 Å². The number of carbonyl (C=O) groups is 2. The molecule has 190 valence electrons. The Bertz CT molecular complexity index is 1330. The lowest BCUT2D eigenvalue weighted by Crippen LogP contribution is -2.36. The molecule has 0 unspecified atom stereocenters. The van der Waals surface area contributed by atoms with E-state index in [9.17, 15) is 14.4 Å². The predicted octanol–water partition coefficient (Wildman–Crippen LogP) is 4.70. The Morgan fingerprint density at radius 3 is 2.64 bits per heavy atom. The molecule has 0 atom stereocenters. The first-order valence-corrected chi connectivity index (χ1v) is 13.4. The van der Waals surface area contributed by atoms with Crippen molar-refractivity contribution < 1.29 is 14.3 Å². The number of rotatable bonds is 9. The van der Waals surface area contributed by atoms with Crippen LogP contribution in [-0.2, 0) is 11.3 Å². The van der Waals surface area contributed by atoms with Crippen LogP contribution in [0.3, 0.4) is 0 Å². The molecule has 0 saturated heterocycles. The van der Waals surface area contributed by atoms with E-state index in [0.29, 0.717) is 40.3 Å². The number of thioether (sulfide) groups is 1. The first kappa shape index (κ1) is 26.1. The van der Waals surface area contributed by atoms with Crippen LogP contribution in [0.5, 0.6) is 0 Å². The Morgan fingerprint density at radius 1 is 1.11 bits per heavy atom. The molecule has 0 radical (unpaired) electrons. The number of ether oxygens (including phenoxy) is 1. The average Bonchev–Trinajstić information content (AvgIpc) is 2.88. The first-order chi connectivity index (χ1) is 17.4. The molecule has 0 bridgehead atoms. The molecular weight excluding hydrogens is 474 g/mol. The highest BCUT2D eigenvalue weighted by Gasteiger charge is 2.19. The zero-order valence-electron chi connectivity index (χ0n) is 21.1. The number of benzene rings is 2. The van der Waals surface area contributed by atoms with E-state index in [4.69, 9.17) is 9.72 Å². The third-order valence-corrected chi connectivity index (χ3v) is 7.64. The summed E-state index contributed by atoms with van der Waals surface area (Å²) >= 11 is 1.23. The van der Waals surface area contributed by atoms with Gasteiger partial charge in [-0.15, -0.1) is 0 Å². The number of Topliss-reactive ketones (excluding diaryl/α,β-unsaturated/α-hetero) is 1. The second kappa shape index (κ2) is 11.8. The number of aryl methyl sites for hydroxylation is 2. The van der Waals surface area contributed by atoms with E-state index < -0.39 is 0 Å². The molecule has 0 spiro atoms. The van der Waals surface area contributed by atoms with Crippen molar-refractivity contribution in [1.29, 1.82) is 0 Å². The second-order valence-electron chi connectivity index (χ2n) is 9.41. The van der Waals surface area contributed by atoms with Crippen LogP contribution in [0.15, 0.2) is 46.3 Å². The minimum atomic E-state index is -0.210. The van der Waals surface area contributed by atoms with Crippen LogP contribution < -0.4 is 10.9 Å². The molecule has 1 aliphatic carbocycles. The molecule has 8 heteroatoms. The summed E-state index contributed by atoms with van der Waals surface area (Å²) in [5.74, 6) is -0.0141. The molecule has 1 fully saturated rings. The minimum absolute atomic E-state index is 0.0190. The summed E-state index contributed by atoms with van der Waals surface area (Å²) < 4.78 is 6.75. The van der Waals surface area contributed by atoms with Crippen LogP contribution >= 0.6 is 11.8 Å². The van der Waals surface area contributed by atoms with Gasteiger partial charge in [0.1, 0.15) is 0 Å². The summed E-state index contributed by atoms with van der Waals surface area (Å²) in [5.41, 5.74) is 3.34. The number of carbonyl (C=O) groups excluding carboxylic acids is 2. The summed E-state index contributed by atoms with van der Waals surface area (Å²) in [4.78, 5) is 43.9. The van der Waals surface area contributed by atoms with Gasteiger partial charge in [0.25, 0.3) is 11.5 Å². The first-order valence-electron chi connectivity index (χ1n) is 12.4. The number of ketones is 1. The van der Waals surface area contributed by atoms with E-state index in [1.807, 2.05) is 32.0 Å². The quantitative estimate of drug-likeness (QED) is 0.257. The van der Waals surface area contributed by atoms with E-state index in [0.717, 1.165) is 36.8 Å². The summed E-state index contributed by atoms with van der Waals surface area (Å²) in [7, 11) is 1.58. The highest BCUT2D eigenvalue weighted by Crippen LogP contribution is 2.22. The zero-order valence-corrected chi connectivity index (χ0v) is 22.0. The zero-order chi connectivity index (χ0) is 25.7. The number of hydrogen-bond donors (Lipinski definition) is 1. The maximum absolute atomic E-state index is 13.3. The van der Waals surface area contributed by atoms with Gasteiger partial charge < -0.3 is 10.1 Å². The van der Waals surface area contributed by atoms with Gasteiger partial charge in [-0.3, -0.25) is 19.0 Å². The highest BCUT2D eigenvalue weighted by atomic mass is 32.2. The fourth-order valence-electron chi connectivity index (χ4n) is 4.59. The number of methoxy groups -OCH3 is 1. The van der Waals surface area contributed by atoms with Gasteiger partial charge in [0.05, 0.1) is 29.8 Å². The number of nitrogens with one attached hydrogen (secondary N) is 1. The number of aromatic nitrogens is 2. The third-order valence-electron chi connectivity index (χ3n) is 6.67. The Balaban J connectivity index is 1.62. The van der Waals surface area contributed by atoms with Crippen molar-refractivity contribution in [2.24, 2.45) is 0 Å². The van der Waals surface area contributed by atoms with Crippen molar-refractivity contribution >= 4 is 34.4 Å². The molecule has 7 nitrogen and oxygen atoms in total. The van der Waals surface area contributed by atoms with Crippen LogP contribution in [-0.4, -0.2) is 46.8 Å². The normalized spacial score (nSPS) is 14.2. The highest BCUT2D eigenvalue weighted by molar-refractivity contribution is 7.99. The monoisotopic (exact) mass is 507 g/mol. The van der Waals surface area contributed by atoms with Crippen molar-refractivity contribution in [3.63, 3.8) is 0 Å². The minimum Gasteiger partial charge on any atom is -0.383 e. The summed E-state index contributed by atoms with van der Waals surface area (Å²) in [6.45, 7) is 4.54. The standard InChI is InChI=1S/C28H33N3O4S/c1-18-9-10-19(2)23(15-18)25(32)17-36-28-30-24-16-20(26(33)29-21-7-5-4-6-8-21)11-12-22(24)27(34)31(28)13-14-35-3/h9-12,15-16,21H,4-8,13-14,17H2,1-3H3,(H,29,33). The van der Waals surface area contributed by atoms with E-state index in [2.05, 4.69) is 5.32 Å². The molecule has 1 saturated carbocycles. The number of nitrogens with zero attached hydrogens (tertiary/aromatic N) is 2. The van der Waals surface area contributed by atoms with Gasteiger partial charge in [-0.25, -0.2) is 4.98 Å². The second-order valence-corrected chi connectivity index (χ2v) is 10.4. The Labute approximate surface area is 215 Å². The van der Waals surface area contributed by atoms with Gasteiger partial charge in [0.2, 0.25) is 0 Å². The molecular formula is C28H33N3O4S. The SMILES string of the molecule is COCCn1c(SCC(=O)c2cc(C)ccc2C)nc2cc(C(=O)NC3CCCCC3)ccc2c1=O. The molecule has 4 rings (SSSR count). The Kier molecular flexibility index (Phi) is 8.59. The van der Waals surface area contributed by atoms with Gasteiger partial charge in [0.15, 0.2) is 10.9 Å². The van der Waals surface area contributed by atoms with Crippen LogP contribution in [0.25, 0.3) is 10.9 Å². The topological polar surface area (TPSA) is 90.3 Å². The van der Waals surface area contributed by atoms with Crippen LogP contribution in [0.4, 0.5) is 0 Å². The van der Waals surface area contributed by atoms with E-state index in [1.165, 1.54) is 18.2 Å². The molecule has 36 heavy (non-hydrogen) atoms. The molecule has 1 amide bonds. The molecule has 3 aromatic rings. The number of amides is 1. The van der Waals surface area contributed by atoms with Crippen molar-refractivity contribution in [3.05, 3.63) is 69.0 Å². The van der Waals surface area contributed by atoms with Crippen molar-refractivity contribution in [1.82, 2.24) is 14.9 Å². The van der Waals surface area contributed by atoms with Crippen LogP contribution in [0, 0.1) is 13.8 Å². The largest absolute Gasteiger partial charge is 0.383 e. The van der Waals surface area contributed by atoms with E-state index >= 15 is 0 Å². The summed E-state index contributed by atoms with van der Waals surface area (Å²) in [6, 6.07) is 11.0. The fourth-order valence-corrected chi connectivity index (χ4v) is 5.50. The number of fused-ring (bicyclic) bond motifs is 1. The molecule has 1 heterocycles. The Morgan fingerprint density at radius 2 is 1.89 bits per heavy atom. The maximum Gasteiger partial charge on any atom is 0.262 e. The van der Waals surface area contributed by atoms with Crippen molar-refractivity contribution in [3.8, 4) is 0 Å². The smallest absolute Gasteiger partial charge is 0.262 e. The van der Waals surface area contributed by atoms with Gasteiger partial charge in [0, 0.05) is 24.3 Å². The number of hydrogen-bond acceptors (Lipinski definition) is 6. The van der Waals surface area contributed by atoms with Gasteiger partial charge in [-0.1, -0.05) is 48.7 Å². The van der Waals surface area contributed by atoms with Gasteiger partial charge >= 0.3 is 0 Å². The molecule has 1 aliphatic rings. The predicted molar refractivity (Wildman–Crippen MR) is 143 cm³/mol. The summed E-state index contributed by atoms with van der Waals surface area (Å²) in [5, 5.41) is 3.99. The lowest BCUT2D eigenvalue weighted by molar-refractivity contribution is 0.0927. The van der Waals surface area contributed by atoms with Gasteiger partial charge in [-0.05, 0) is 56.5 Å². The fraction of sp³-hybridized carbons (Fsp3) is 0.429. The lowest BCUT2D eigenvalue weighted by Gasteiger charge is -2.22. The molecule has 1 N–H and O–H groups in total. The average molecular weight is 508 g/mol. The Hall–Kier alpha value is -2.97. The summed E-state index contributed by atoms with van der Waals surface area (Å²) in [6.07, 6.45) is 5.47. The molecule has 1 aromatic heterocycles. The third kappa shape index (κ3) is 6.05. The van der Waals surface area contributed by atoms with Gasteiger partial charge in [-0.2, -0.15) is 0 Å². The van der Waals surface area contributed by atoms with Crippen molar-refractivity contribution in [2.75, 3.05) is 19.5 Å². The molecule has 0 aliphatic heterocycles. The molecule has 2 aromatic carbocycles. The van der Waals surface area contributed by atoms with E-state index in [1.54, 1.807) is 29.9 Å². The van der Waals surface area contributed by atoms with E-state index in [-0.39, 0.29) is 29.0 Å².